The Bertz CT molecular complexity index is 1210. The highest BCUT2D eigenvalue weighted by atomic mass is 35.5. The van der Waals surface area contributed by atoms with Gasteiger partial charge in [0, 0.05) is 23.0 Å². The van der Waals surface area contributed by atoms with E-state index in [0.29, 0.717) is 17.2 Å². The zero-order valence-corrected chi connectivity index (χ0v) is 19.1. The first kappa shape index (κ1) is 22.8. The number of hydrogen-bond acceptors (Lipinski definition) is 6. The second-order valence-corrected chi connectivity index (χ2v) is 9.00. The highest BCUT2D eigenvalue weighted by molar-refractivity contribution is 7.92. The van der Waals surface area contributed by atoms with Crippen molar-refractivity contribution in [3.05, 3.63) is 69.6 Å². The largest absolute Gasteiger partial charge is 0.494 e. The summed E-state index contributed by atoms with van der Waals surface area (Å²) in [6.45, 7) is 3.42. The average Bonchev–Trinajstić information content (AvgIpc) is 2.67. The summed E-state index contributed by atoms with van der Waals surface area (Å²) in [5.74, 6) is 0.438. The summed E-state index contributed by atoms with van der Waals surface area (Å²) in [6, 6.07) is 10.1. The number of nitrogens with zero attached hydrogens (tertiary/aromatic N) is 2. The number of halogens is 2. The fourth-order valence-electron chi connectivity index (χ4n) is 2.77. The molecule has 2 aromatic carbocycles. The van der Waals surface area contributed by atoms with Crippen LogP contribution in [-0.4, -0.2) is 31.4 Å². The van der Waals surface area contributed by atoms with Crippen LogP contribution >= 0.6 is 23.2 Å². The van der Waals surface area contributed by atoms with E-state index in [4.69, 9.17) is 27.9 Å². The summed E-state index contributed by atoms with van der Waals surface area (Å²) in [5.41, 5.74) is 1.26. The number of aryl methyl sites for hydroxylation is 2. The molecule has 1 amide bonds. The average molecular weight is 481 g/mol. The molecule has 3 aromatic rings. The van der Waals surface area contributed by atoms with Gasteiger partial charge >= 0.3 is 0 Å². The van der Waals surface area contributed by atoms with E-state index in [0.717, 1.165) is 0 Å². The first-order valence-electron chi connectivity index (χ1n) is 8.88. The van der Waals surface area contributed by atoms with Crippen molar-refractivity contribution in [1.82, 2.24) is 9.97 Å². The van der Waals surface area contributed by atoms with Gasteiger partial charge in [0.15, 0.2) is 5.75 Å². The number of hydrogen-bond donors (Lipinski definition) is 2. The van der Waals surface area contributed by atoms with E-state index in [1.165, 1.54) is 49.6 Å². The highest BCUT2D eigenvalue weighted by Gasteiger charge is 2.17. The van der Waals surface area contributed by atoms with E-state index in [9.17, 15) is 13.2 Å². The first-order chi connectivity index (χ1) is 14.6. The lowest BCUT2D eigenvalue weighted by Gasteiger charge is -2.11. The van der Waals surface area contributed by atoms with Gasteiger partial charge in [-0.25, -0.2) is 18.4 Å². The SMILES string of the molecule is COc1c(Cl)cc(C(=O)Nc2ccc(S(=O)(=O)Nc3cc(C)nc(C)n3)cc2)cc1Cl. The molecule has 0 aliphatic rings. The summed E-state index contributed by atoms with van der Waals surface area (Å²) >= 11 is 12.1. The van der Waals surface area contributed by atoms with Gasteiger partial charge < -0.3 is 10.1 Å². The van der Waals surface area contributed by atoms with Crippen LogP contribution in [0.15, 0.2) is 47.4 Å². The number of rotatable bonds is 6. The molecule has 1 aromatic heterocycles. The Balaban J connectivity index is 1.76. The second-order valence-electron chi connectivity index (χ2n) is 6.50. The van der Waals surface area contributed by atoms with Crippen molar-refractivity contribution in [2.75, 3.05) is 17.1 Å². The molecule has 8 nitrogen and oxygen atoms in total. The van der Waals surface area contributed by atoms with Gasteiger partial charge in [-0.05, 0) is 50.2 Å². The summed E-state index contributed by atoms with van der Waals surface area (Å²) < 4.78 is 32.7. The Kier molecular flexibility index (Phi) is 6.68. The van der Waals surface area contributed by atoms with Crippen molar-refractivity contribution < 1.29 is 17.9 Å². The lowest BCUT2D eigenvalue weighted by atomic mass is 10.2. The molecule has 0 saturated carbocycles. The zero-order valence-electron chi connectivity index (χ0n) is 16.7. The molecule has 0 atom stereocenters. The Labute approximate surface area is 189 Å². The van der Waals surface area contributed by atoms with Crippen LogP contribution < -0.4 is 14.8 Å². The van der Waals surface area contributed by atoms with Crippen molar-refractivity contribution in [2.24, 2.45) is 0 Å². The van der Waals surface area contributed by atoms with E-state index in [1.807, 2.05) is 0 Å². The number of carbonyl (C=O) groups is 1. The van der Waals surface area contributed by atoms with Gasteiger partial charge in [-0.1, -0.05) is 23.2 Å². The molecular weight excluding hydrogens is 463 g/mol. The molecule has 0 saturated heterocycles. The zero-order chi connectivity index (χ0) is 22.8. The maximum Gasteiger partial charge on any atom is 0.263 e. The minimum absolute atomic E-state index is 0.00922. The third-order valence-electron chi connectivity index (χ3n) is 4.09. The lowest BCUT2D eigenvalue weighted by Crippen LogP contribution is -2.15. The summed E-state index contributed by atoms with van der Waals surface area (Å²) in [7, 11) is -2.44. The van der Waals surface area contributed by atoms with Gasteiger partial charge in [0.1, 0.15) is 11.6 Å². The molecule has 0 fully saturated rings. The van der Waals surface area contributed by atoms with Crippen LogP contribution in [0.2, 0.25) is 10.0 Å². The number of sulfonamides is 1. The van der Waals surface area contributed by atoms with Gasteiger partial charge in [-0.2, -0.15) is 0 Å². The van der Waals surface area contributed by atoms with E-state index < -0.39 is 15.9 Å². The maximum absolute atomic E-state index is 12.6. The lowest BCUT2D eigenvalue weighted by molar-refractivity contribution is 0.102. The first-order valence-corrected chi connectivity index (χ1v) is 11.1. The number of methoxy groups -OCH3 is 1. The van der Waals surface area contributed by atoms with Crippen LogP contribution in [0.5, 0.6) is 5.75 Å². The second kappa shape index (κ2) is 9.09. The number of carbonyl (C=O) groups excluding carboxylic acids is 1. The molecule has 31 heavy (non-hydrogen) atoms. The van der Waals surface area contributed by atoms with Crippen molar-refractivity contribution in [3.8, 4) is 5.75 Å². The number of ether oxygens (including phenoxy) is 1. The van der Waals surface area contributed by atoms with E-state index in [1.54, 1.807) is 13.8 Å². The molecule has 11 heteroatoms. The number of nitrogens with one attached hydrogen (secondary N) is 2. The van der Waals surface area contributed by atoms with Crippen molar-refractivity contribution in [1.29, 1.82) is 0 Å². The standard InChI is InChI=1S/C20H18Cl2N4O4S/c1-11-8-18(24-12(2)23-11)26-31(28,29)15-6-4-14(5-7-15)25-20(27)13-9-16(21)19(30-3)17(22)10-13/h4-10H,1-3H3,(H,25,27)(H,23,24,26). The quantitative estimate of drug-likeness (QED) is 0.538. The normalized spacial score (nSPS) is 11.1. The molecule has 0 unspecified atom stereocenters. The molecular formula is C20H18Cl2N4O4S. The molecule has 0 bridgehead atoms. The van der Waals surface area contributed by atoms with Crippen LogP contribution in [-0.2, 0) is 10.0 Å². The summed E-state index contributed by atoms with van der Waals surface area (Å²) in [6.07, 6.45) is 0. The highest BCUT2D eigenvalue weighted by Crippen LogP contribution is 2.34. The van der Waals surface area contributed by atoms with Crippen LogP contribution in [0.1, 0.15) is 21.9 Å². The predicted octanol–water partition coefficient (Wildman–Crippen LogP) is 4.46. The Morgan fingerprint density at radius 3 is 2.16 bits per heavy atom. The van der Waals surface area contributed by atoms with Gasteiger partial charge in [-0.3, -0.25) is 9.52 Å². The number of anilines is 2. The van der Waals surface area contributed by atoms with E-state index in [-0.39, 0.29) is 32.1 Å². The Morgan fingerprint density at radius 1 is 1.00 bits per heavy atom. The fourth-order valence-corrected chi connectivity index (χ4v) is 4.41. The summed E-state index contributed by atoms with van der Waals surface area (Å²) in [4.78, 5) is 20.7. The van der Waals surface area contributed by atoms with Gasteiger partial charge in [0.05, 0.1) is 22.1 Å². The topological polar surface area (TPSA) is 110 Å². The number of amides is 1. The predicted molar refractivity (Wildman–Crippen MR) is 120 cm³/mol. The molecule has 0 aliphatic carbocycles. The van der Waals surface area contributed by atoms with Gasteiger partial charge in [0.2, 0.25) is 0 Å². The third-order valence-corrected chi connectivity index (χ3v) is 6.02. The monoisotopic (exact) mass is 480 g/mol. The molecule has 162 valence electrons. The van der Waals surface area contributed by atoms with Crippen LogP contribution in [0.4, 0.5) is 11.5 Å². The van der Waals surface area contributed by atoms with E-state index >= 15 is 0 Å². The minimum atomic E-state index is -3.86. The molecule has 3 rings (SSSR count). The molecule has 2 N–H and O–H groups in total. The molecule has 1 heterocycles. The van der Waals surface area contributed by atoms with Crippen molar-refractivity contribution in [2.45, 2.75) is 18.7 Å². The van der Waals surface area contributed by atoms with Crippen molar-refractivity contribution >= 4 is 50.6 Å². The van der Waals surface area contributed by atoms with Crippen molar-refractivity contribution in [3.63, 3.8) is 0 Å². The molecule has 0 spiro atoms. The fraction of sp³-hybridized carbons (Fsp3) is 0.150. The van der Waals surface area contributed by atoms with Crippen LogP contribution in [0, 0.1) is 13.8 Å². The Hall–Kier alpha value is -2.88. The third kappa shape index (κ3) is 5.43. The number of aromatic nitrogens is 2. The van der Waals surface area contributed by atoms with Crippen LogP contribution in [0.3, 0.4) is 0 Å². The maximum atomic E-state index is 12.6. The smallest absolute Gasteiger partial charge is 0.263 e. The molecule has 0 aliphatic heterocycles. The van der Waals surface area contributed by atoms with E-state index in [2.05, 4.69) is 20.0 Å². The Morgan fingerprint density at radius 2 is 1.61 bits per heavy atom. The minimum Gasteiger partial charge on any atom is -0.494 e. The van der Waals surface area contributed by atoms with Gasteiger partial charge in [0.25, 0.3) is 15.9 Å². The summed E-state index contributed by atoms with van der Waals surface area (Å²) in [5, 5.41) is 3.05. The molecule has 0 radical (unpaired) electrons. The van der Waals surface area contributed by atoms with Crippen LogP contribution in [0.25, 0.3) is 0 Å². The number of benzene rings is 2. The van der Waals surface area contributed by atoms with Gasteiger partial charge in [-0.15, -0.1) is 0 Å².